The third-order valence-corrected chi connectivity index (χ3v) is 5.42. The topological polar surface area (TPSA) is 17.1 Å². The van der Waals surface area contributed by atoms with Crippen LogP contribution in [0, 0.1) is 5.82 Å². The first-order valence-electron chi connectivity index (χ1n) is 6.04. The molecular weight excluding hydrogens is 318 g/mol. The number of rotatable bonds is 4. The van der Waals surface area contributed by atoms with Gasteiger partial charge in [-0.3, -0.25) is 4.21 Å². The van der Waals surface area contributed by atoms with Gasteiger partial charge in [0.1, 0.15) is 5.82 Å². The molecule has 0 saturated heterocycles. The zero-order valence-corrected chi connectivity index (χ0v) is 13.1. The minimum Gasteiger partial charge on any atom is -0.259 e. The van der Waals surface area contributed by atoms with Gasteiger partial charge in [0.2, 0.25) is 0 Å². The monoisotopic (exact) mass is 330 g/mol. The minimum absolute atomic E-state index is 0.201. The van der Waals surface area contributed by atoms with Gasteiger partial charge in [-0.15, -0.1) is 0 Å². The predicted octanol–water partition coefficient (Wildman–Crippen LogP) is 5.14. The second-order valence-corrected chi connectivity index (χ2v) is 7.04. The molecule has 0 aromatic heterocycles. The quantitative estimate of drug-likeness (QED) is 0.758. The Hall–Kier alpha value is -0.900. The second kappa shape index (κ2) is 6.70. The van der Waals surface area contributed by atoms with Crippen molar-refractivity contribution in [3.63, 3.8) is 0 Å². The number of hydrogen-bond donors (Lipinski definition) is 0. The lowest BCUT2D eigenvalue weighted by atomic mass is 10.2. The fourth-order valence-corrected chi connectivity index (χ4v) is 3.35. The Kier molecular flexibility index (Phi) is 5.19. The fourth-order valence-electron chi connectivity index (χ4n) is 1.83. The standard InChI is InChI=1S/C15H13Cl2FOS/c1-10(12-5-6-14(16)15(17)8-12)20(19)9-11-3-2-4-13(18)7-11/h2-8,10H,9H2,1H3/t10-,20+/m0/s1. The van der Waals surface area contributed by atoms with Crippen LogP contribution in [0.1, 0.15) is 23.3 Å². The summed E-state index contributed by atoms with van der Waals surface area (Å²) in [5.41, 5.74) is 1.57. The van der Waals surface area contributed by atoms with E-state index >= 15 is 0 Å². The molecule has 2 atom stereocenters. The lowest BCUT2D eigenvalue weighted by molar-refractivity contribution is 0.626. The Balaban J connectivity index is 2.14. The molecule has 2 aromatic rings. The molecule has 0 spiro atoms. The lowest BCUT2D eigenvalue weighted by Gasteiger charge is -2.13. The summed E-state index contributed by atoms with van der Waals surface area (Å²) < 4.78 is 25.4. The van der Waals surface area contributed by atoms with Crippen molar-refractivity contribution >= 4 is 34.0 Å². The summed E-state index contributed by atoms with van der Waals surface area (Å²) >= 11 is 11.8. The van der Waals surface area contributed by atoms with E-state index in [1.165, 1.54) is 12.1 Å². The van der Waals surface area contributed by atoms with Crippen molar-refractivity contribution < 1.29 is 8.60 Å². The molecule has 0 aliphatic carbocycles. The van der Waals surface area contributed by atoms with Crippen LogP contribution in [0.2, 0.25) is 10.0 Å². The highest BCUT2D eigenvalue weighted by Gasteiger charge is 2.15. The van der Waals surface area contributed by atoms with Crippen LogP contribution in [0.5, 0.6) is 0 Å². The van der Waals surface area contributed by atoms with E-state index in [9.17, 15) is 8.60 Å². The largest absolute Gasteiger partial charge is 0.259 e. The maximum Gasteiger partial charge on any atom is 0.123 e. The number of halogens is 3. The zero-order chi connectivity index (χ0) is 14.7. The molecule has 0 heterocycles. The van der Waals surface area contributed by atoms with E-state index in [0.717, 1.165) is 11.1 Å². The van der Waals surface area contributed by atoms with Crippen molar-refractivity contribution in [3.05, 3.63) is 69.5 Å². The molecule has 20 heavy (non-hydrogen) atoms. The summed E-state index contributed by atoms with van der Waals surface area (Å²) in [6.45, 7) is 1.86. The van der Waals surface area contributed by atoms with Gasteiger partial charge in [0.15, 0.2) is 0 Å². The average Bonchev–Trinajstić information content (AvgIpc) is 2.41. The maximum absolute atomic E-state index is 13.1. The maximum atomic E-state index is 13.1. The van der Waals surface area contributed by atoms with Gasteiger partial charge >= 0.3 is 0 Å². The molecule has 0 amide bonds. The number of benzene rings is 2. The van der Waals surface area contributed by atoms with Crippen molar-refractivity contribution in [2.75, 3.05) is 0 Å². The highest BCUT2D eigenvalue weighted by molar-refractivity contribution is 7.84. The average molecular weight is 331 g/mol. The van der Waals surface area contributed by atoms with Crippen LogP contribution < -0.4 is 0 Å². The Morgan fingerprint density at radius 1 is 1.15 bits per heavy atom. The van der Waals surface area contributed by atoms with Crippen molar-refractivity contribution in [1.82, 2.24) is 0 Å². The SMILES string of the molecule is C[C@@H](c1ccc(Cl)c(Cl)c1)[S@](=O)Cc1cccc(F)c1. The van der Waals surface area contributed by atoms with E-state index < -0.39 is 10.8 Å². The Labute approximate surface area is 130 Å². The van der Waals surface area contributed by atoms with Gasteiger partial charge in [-0.1, -0.05) is 41.4 Å². The molecule has 0 bridgehead atoms. The van der Waals surface area contributed by atoms with E-state index in [1.807, 2.05) is 13.0 Å². The molecule has 2 rings (SSSR count). The normalized spacial score (nSPS) is 14.0. The van der Waals surface area contributed by atoms with Gasteiger partial charge in [0.25, 0.3) is 0 Å². The van der Waals surface area contributed by atoms with E-state index in [0.29, 0.717) is 15.8 Å². The molecule has 0 saturated carbocycles. The first-order valence-corrected chi connectivity index (χ1v) is 8.17. The van der Waals surface area contributed by atoms with Gasteiger partial charge in [-0.25, -0.2) is 4.39 Å². The smallest absolute Gasteiger partial charge is 0.123 e. The van der Waals surface area contributed by atoms with Crippen LogP contribution in [0.25, 0.3) is 0 Å². The summed E-state index contributed by atoms with van der Waals surface area (Å²) in [6.07, 6.45) is 0. The summed E-state index contributed by atoms with van der Waals surface area (Å²) in [7, 11) is -1.16. The molecular formula is C15H13Cl2FOS. The minimum atomic E-state index is -1.16. The molecule has 0 radical (unpaired) electrons. The van der Waals surface area contributed by atoms with Crippen molar-refractivity contribution in [3.8, 4) is 0 Å². The van der Waals surface area contributed by atoms with Crippen molar-refractivity contribution in [1.29, 1.82) is 0 Å². The predicted molar refractivity (Wildman–Crippen MR) is 83.1 cm³/mol. The lowest BCUT2D eigenvalue weighted by Crippen LogP contribution is -2.05. The molecule has 1 nitrogen and oxygen atoms in total. The summed E-state index contributed by atoms with van der Waals surface area (Å²) in [5, 5.41) is 0.713. The molecule has 106 valence electrons. The highest BCUT2D eigenvalue weighted by Crippen LogP contribution is 2.28. The summed E-state index contributed by atoms with van der Waals surface area (Å²) in [4.78, 5) is 0. The van der Waals surface area contributed by atoms with E-state index in [-0.39, 0.29) is 11.1 Å². The van der Waals surface area contributed by atoms with Crippen LogP contribution >= 0.6 is 23.2 Å². The van der Waals surface area contributed by atoms with Gasteiger partial charge in [0.05, 0.1) is 15.3 Å². The van der Waals surface area contributed by atoms with Crippen LogP contribution in [0.15, 0.2) is 42.5 Å². The van der Waals surface area contributed by atoms with Crippen molar-refractivity contribution in [2.45, 2.75) is 17.9 Å². The molecule has 0 aliphatic heterocycles. The Morgan fingerprint density at radius 3 is 2.55 bits per heavy atom. The molecule has 0 unspecified atom stereocenters. The molecule has 0 fully saturated rings. The summed E-state index contributed by atoms with van der Waals surface area (Å²) in [6, 6.07) is 11.4. The Morgan fingerprint density at radius 2 is 1.90 bits per heavy atom. The van der Waals surface area contributed by atoms with Gasteiger partial charge < -0.3 is 0 Å². The van der Waals surface area contributed by atoms with Crippen molar-refractivity contribution in [2.24, 2.45) is 0 Å². The summed E-state index contributed by atoms with van der Waals surface area (Å²) in [5.74, 6) is -0.0131. The van der Waals surface area contributed by atoms with E-state index in [2.05, 4.69) is 0 Å². The third-order valence-electron chi connectivity index (χ3n) is 3.01. The first kappa shape index (κ1) is 15.5. The van der Waals surface area contributed by atoms with Gasteiger partial charge in [0, 0.05) is 16.6 Å². The first-order chi connectivity index (χ1) is 9.47. The van der Waals surface area contributed by atoms with Crippen LogP contribution in [0.4, 0.5) is 4.39 Å². The molecule has 5 heteroatoms. The Bertz CT molecular complexity index is 646. The fraction of sp³-hybridized carbons (Fsp3) is 0.200. The molecule has 0 aliphatic rings. The number of hydrogen-bond acceptors (Lipinski definition) is 1. The van der Waals surface area contributed by atoms with Crippen LogP contribution in [0.3, 0.4) is 0 Å². The zero-order valence-electron chi connectivity index (χ0n) is 10.8. The highest BCUT2D eigenvalue weighted by atomic mass is 35.5. The second-order valence-electron chi connectivity index (χ2n) is 4.47. The molecule has 0 N–H and O–H groups in total. The van der Waals surface area contributed by atoms with Gasteiger partial charge in [-0.05, 0) is 42.3 Å². The molecule has 2 aromatic carbocycles. The van der Waals surface area contributed by atoms with Gasteiger partial charge in [-0.2, -0.15) is 0 Å². The van der Waals surface area contributed by atoms with Crippen LogP contribution in [-0.2, 0) is 16.6 Å². The van der Waals surface area contributed by atoms with Crippen LogP contribution in [-0.4, -0.2) is 4.21 Å². The van der Waals surface area contributed by atoms with E-state index in [4.69, 9.17) is 23.2 Å². The third kappa shape index (κ3) is 3.81. The van der Waals surface area contributed by atoms with E-state index in [1.54, 1.807) is 24.3 Å².